The Morgan fingerprint density at radius 3 is 2.43 bits per heavy atom. The number of rotatable bonds is 10. The molecule has 4 rings (SSSR count). The lowest BCUT2D eigenvalue weighted by atomic mass is 9.94. The van der Waals surface area contributed by atoms with Crippen molar-refractivity contribution in [1.82, 2.24) is 20.1 Å². The molecule has 12 heteroatoms. The summed E-state index contributed by atoms with van der Waals surface area (Å²) in [5.74, 6) is -0.0551. The first kappa shape index (κ1) is 35.5. The van der Waals surface area contributed by atoms with Crippen molar-refractivity contribution in [3.8, 4) is 23.1 Å². The van der Waals surface area contributed by atoms with Crippen molar-refractivity contribution in [3.63, 3.8) is 0 Å². The molecule has 1 N–H and O–H groups in total. The molecule has 1 aromatic heterocycles. The van der Waals surface area contributed by atoms with Gasteiger partial charge in [0.25, 0.3) is 0 Å². The molecule has 3 heterocycles. The predicted molar refractivity (Wildman–Crippen MR) is 173 cm³/mol. The first-order chi connectivity index (χ1) is 22.3. The summed E-state index contributed by atoms with van der Waals surface area (Å²) in [6.45, 7) is 11.1. The normalized spacial score (nSPS) is 17.6. The fourth-order valence-electron chi connectivity index (χ4n) is 5.77. The number of benzene rings is 1. The maximum Gasteiger partial charge on any atom is 0.410 e. The molecule has 1 unspecified atom stereocenters. The van der Waals surface area contributed by atoms with Gasteiger partial charge in [0, 0.05) is 43.9 Å². The molecule has 3 amide bonds. The molecule has 2 fully saturated rings. The second-order valence-electron chi connectivity index (χ2n) is 13.4. The molecular weight excluding hydrogens is 605 g/mol. The van der Waals surface area contributed by atoms with Gasteiger partial charge in [-0.3, -0.25) is 4.79 Å². The van der Waals surface area contributed by atoms with Gasteiger partial charge in [-0.2, -0.15) is 5.26 Å². The molecule has 1 aromatic carbocycles. The Morgan fingerprint density at radius 1 is 1.09 bits per heavy atom. The van der Waals surface area contributed by atoms with Crippen LogP contribution in [0.25, 0.3) is 11.1 Å². The number of pyridine rings is 1. The van der Waals surface area contributed by atoms with E-state index in [0.717, 1.165) is 19.3 Å². The van der Waals surface area contributed by atoms with Crippen LogP contribution < -0.4 is 10.1 Å². The highest BCUT2D eigenvalue weighted by Gasteiger charge is 2.35. The number of alkyl carbamates (subject to hydrolysis) is 1. The number of piperidine rings is 1. The second-order valence-corrected chi connectivity index (χ2v) is 13.4. The van der Waals surface area contributed by atoms with Gasteiger partial charge < -0.3 is 29.3 Å². The molecule has 2 saturated heterocycles. The summed E-state index contributed by atoms with van der Waals surface area (Å²) in [4.78, 5) is 45.7. The zero-order chi connectivity index (χ0) is 34.1. The van der Waals surface area contributed by atoms with Crippen LogP contribution in [0.15, 0.2) is 36.5 Å². The standard InChI is InChI=1S/C35H46FN5O6/c1-23(2)46-34(44)40-16-12-24(13-17-40)14-18-45-31-11-10-27(22-38-31)25-8-9-26(29(36)19-25)20-30(39-33(43)47-35(3,4)5)32(42)41-15-6-7-28(41)21-37/h8-11,19,22-24,28,30H,6-7,12-18,20H2,1-5H3,(H,39,43)/t28-,30?/m0/s1. The highest BCUT2D eigenvalue weighted by Crippen LogP contribution is 2.26. The van der Waals surface area contributed by atoms with E-state index in [1.807, 2.05) is 13.8 Å². The Bertz CT molecular complexity index is 1430. The fourth-order valence-corrected chi connectivity index (χ4v) is 5.77. The number of amides is 3. The summed E-state index contributed by atoms with van der Waals surface area (Å²) in [6, 6.07) is 8.70. The van der Waals surface area contributed by atoms with Crippen molar-refractivity contribution >= 4 is 18.1 Å². The van der Waals surface area contributed by atoms with E-state index in [1.54, 1.807) is 56.1 Å². The Morgan fingerprint density at radius 2 is 1.81 bits per heavy atom. The van der Waals surface area contributed by atoms with E-state index in [2.05, 4.69) is 16.4 Å². The van der Waals surface area contributed by atoms with E-state index in [9.17, 15) is 19.6 Å². The molecular formula is C35H46FN5O6. The summed E-state index contributed by atoms with van der Waals surface area (Å²) in [6.07, 6.45) is 4.23. The summed E-state index contributed by atoms with van der Waals surface area (Å²) < 4.78 is 31.9. The first-order valence-corrected chi connectivity index (χ1v) is 16.4. The van der Waals surface area contributed by atoms with Crippen molar-refractivity contribution in [3.05, 3.63) is 47.9 Å². The number of hydrogen-bond donors (Lipinski definition) is 1. The molecule has 0 aliphatic carbocycles. The smallest absolute Gasteiger partial charge is 0.410 e. The van der Waals surface area contributed by atoms with E-state index < -0.39 is 35.5 Å². The third-order valence-electron chi connectivity index (χ3n) is 8.21. The van der Waals surface area contributed by atoms with Crippen LogP contribution in [0.4, 0.5) is 14.0 Å². The van der Waals surface area contributed by atoms with Crippen molar-refractivity contribution < 1.29 is 33.0 Å². The number of carbonyl (C=O) groups is 3. The van der Waals surface area contributed by atoms with Crippen LogP contribution in [-0.4, -0.2) is 82.9 Å². The highest BCUT2D eigenvalue weighted by atomic mass is 19.1. The maximum atomic E-state index is 15.4. The van der Waals surface area contributed by atoms with Gasteiger partial charge in [0.15, 0.2) is 0 Å². The van der Waals surface area contributed by atoms with Gasteiger partial charge in [-0.15, -0.1) is 0 Å². The molecule has 0 saturated carbocycles. The first-order valence-electron chi connectivity index (χ1n) is 16.4. The third kappa shape index (κ3) is 10.3. The molecule has 11 nitrogen and oxygen atoms in total. The van der Waals surface area contributed by atoms with E-state index in [1.165, 1.54) is 11.0 Å². The largest absolute Gasteiger partial charge is 0.478 e. The van der Waals surface area contributed by atoms with Gasteiger partial charge in [0.2, 0.25) is 11.8 Å². The molecule has 0 radical (unpaired) electrons. The number of ether oxygens (including phenoxy) is 3. The van der Waals surface area contributed by atoms with E-state index >= 15 is 4.39 Å². The van der Waals surface area contributed by atoms with Crippen LogP contribution in [0.3, 0.4) is 0 Å². The summed E-state index contributed by atoms with van der Waals surface area (Å²) in [7, 11) is 0. The lowest BCUT2D eigenvalue weighted by molar-refractivity contribution is -0.133. The van der Waals surface area contributed by atoms with Crippen LogP contribution >= 0.6 is 0 Å². The van der Waals surface area contributed by atoms with Crippen molar-refractivity contribution in [1.29, 1.82) is 5.26 Å². The molecule has 2 aliphatic heterocycles. The Labute approximate surface area is 276 Å². The number of likely N-dealkylation sites (tertiary alicyclic amines) is 2. The molecule has 0 bridgehead atoms. The average molecular weight is 652 g/mol. The zero-order valence-electron chi connectivity index (χ0n) is 28.0. The molecule has 2 aromatic rings. The molecule has 0 spiro atoms. The molecule has 2 atom stereocenters. The van der Waals surface area contributed by atoms with Gasteiger partial charge in [0.05, 0.1) is 18.8 Å². The molecule has 2 aliphatic rings. The van der Waals surface area contributed by atoms with Crippen molar-refractivity contribution in [2.75, 3.05) is 26.2 Å². The topological polar surface area (TPSA) is 134 Å². The highest BCUT2D eigenvalue weighted by molar-refractivity contribution is 5.87. The number of hydrogen-bond acceptors (Lipinski definition) is 8. The van der Waals surface area contributed by atoms with Crippen LogP contribution in [-0.2, 0) is 20.7 Å². The lowest BCUT2D eigenvalue weighted by Gasteiger charge is -2.31. The minimum absolute atomic E-state index is 0.106. The average Bonchev–Trinajstić information content (AvgIpc) is 3.50. The lowest BCUT2D eigenvalue weighted by Crippen LogP contribution is -2.51. The summed E-state index contributed by atoms with van der Waals surface area (Å²) in [5.41, 5.74) is 0.745. The molecule has 254 valence electrons. The number of carbonyl (C=O) groups excluding carboxylic acids is 3. The fraction of sp³-hybridized carbons (Fsp3) is 0.571. The summed E-state index contributed by atoms with van der Waals surface area (Å²) in [5, 5.41) is 12.1. The Balaban J connectivity index is 1.33. The van der Waals surface area contributed by atoms with Gasteiger partial charge in [0.1, 0.15) is 23.5 Å². The van der Waals surface area contributed by atoms with Crippen LogP contribution in [0.1, 0.15) is 72.3 Å². The van der Waals surface area contributed by atoms with Crippen molar-refractivity contribution in [2.24, 2.45) is 5.92 Å². The van der Waals surface area contributed by atoms with E-state index in [0.29, 0.717) is 62.0 Å². The van der Waals surface area contributed by atoms with Gasteiger partial charge in [-0.05, 0) is 95.9 Å². The van der Waals surface area contributed by atoms with Crippen molar-refractivity contribution in [2.45, 2.75) is 96.9 Å². The van der Waals surface area contributed by atoms with E-state index in [-0.39, 0.29) is 24.2 Å². The quantitative estimate of drug-likeness (QED) is 0.338. The second kappa shape index (κ2) is 15.9. The maximum absolute atomic E-state index is 15.4. The van der Waals surface area contributed by atoms with Gasteiger partial charge in [-0.25, -0.2) is 19.0 Å². The third-order valence-corrected chi connectivity index (χ3v) is 8.21. The minimum atomic E-state index is -1.11. The number of nitrogens with one attached hydrogen (secondary N) is 1. The zero-order valence-corrected chi connectivity index (χ0v) is 28.0. The monoisotopic (exact) mass is 651 g/mol. The minimum Gasteiger partial charge on any atom is -0.478 e. The van der Waals surface area contributed by atoms with Crippen LogP contribution in [0, 0.1) is 23.1 Å². The number of nitriles is 1. The Hall–Kier alpha value is -4.40. The number of aromatic nitrogens is 1. The van der Waals surface area contributed by atoms with Crippen LogP contribution in [0.2, 0.25) is 0 Å². The Kier molecular flexibility index (Phi) is 12.0. The van der Waals surface area contributed by atoms with Gasteiger partial charge in [-0.1, -0.05) is 12.1 Å². The predicted octanol–water partition coefficient (Wildman–Crippen LogP) is 5.86. The number of nitrogens with zero attached hydrogens (tertiary/aromatic N) is 4. The SMILES string of the molecule is CC(C)OC(=O)N1CCC(CCOc2ccc(-c3ccc(CC(NC(=O)OC(C)(C)C)C(=O)N4CCC[C@H]4C#N)c(F)c3)cn2)CC1. The van der Waals surface area contributed by atoms with Gasteiger partial charge >= 0.3 is 12.2 Å². The van der Waals surface area contributed by atoms with E-state index in [4.69, 9.17) is 14.2 Å². The molecule has 47 heavy (non-hydrogen) atoms. The summed E-state index contributed by atoms with van der Waals surface area (Å²) >= 11 is 0. The number of halogens is 1. The van der Waals surface area contributed by atoms with Crippen LogP contribution in [0.5, 0.6) is 5.88 Å².